The summed E-state index contributed by atoms with van der Waals surface area (Å²) in [6, 6.07) is 5.82. The molecular formula is C25H21F2NO2S. The molecule has 1 aromatic heterocycles. The van der Waals surface area contributed by atoms with Crippen LogP contribution in [0, 0.1) is 5.82 Å². The van der Waals surface area contributed by atoms with E-state index < -0.39 is 21.5 Å². The van der Waals surface area contributed by atoms with Crippen molar-refractivity contribution >= 4 is 15.9 Å². The highest BCUT2D eigenvalue weighted by atomic mass is 32.2. The van der Waals surface area contributed by atoms with Crippen molar-refractivity contribution < 1.29 is 17.2 Å². The Morgan fingerprint density at radius 2 is 1.94 bits per heavy atom. The first-order valence-electron chi connectivity index (χ1n) is 10.0. The molecule has 1 heterocycles. The van der Waals surface area contributed by atoms with Gasteiger partial charge in [-0.25, -0.2) is 17.2 Å². The SMILES string of the molecule is CCC1=CCc2ncc(S(=O)(=O)C3=CC(F)=CCC=C3)c(-c3cccc(F)c3)c2C=C1. The van der Waals surface area contributed by atoms with Gasteiger partial charge < -0.3 is 0 Å². The van der Waals surface area contributed by atoms with E-state index in [1.54, 1.807) is 12.1 Å². The van der Waals surface area contributed by atoms with Gasteiger partial charge in [0.15, 0.2) is 0 Å². The Morgan fingerprint density at radius 3 is 2.71 bits per heavy atom. The van der Waals surface area contributed by atoms with Gasteiger partial charge in [-0.2, -0.15) is 0 Å². The Hall–Kier alpha value is -3.12. The minimum Gasteiger partial charge on any atom is -0.259 e. The molecule has 0 saturated carbocycles. The van der Waals surface area contributed by atoms with Gasteiger partial charge in [0.25, 0.3) is 0 Å². The zero-order chi connectivity index (χ0) is 22.0. The van der Waals surface area contributed by atoms with E-state index in [4.69, 9.17) is 0 Å². The topological polar surface area (TPSA) is 47.0 Å². The third-order valence-corrected chi connectivity index (χ3v) is 7.08. The molecule has 1 aromatic carbocycles. The molecule has 6 heteroatoms. The molecule has 158 valence electrons. The lowest BCUT2D eigenvalue weighted by molar-refractivity contribution is 0.601. The van der Waals surface area contributed by atoms with Gasteiger partial charge in [0.05, 0.1) is 15.5 Å². The highest BCUT2D eigenvalue weighted by Gasteiger charge is 2.28. The van der Waals surface area contributed by atoms with Crippen LogP contribution >= 0.6 is 0 Å². The standard InChI is InChI=1S/C25H21F2NO2S/c1-2-17-10-12-22-23(13-11-17)28-16-24(25(22)18-6-5-8-19(26)14-18)31(29,30)21-9-4-3-7-20(27)15-21/h4-12,14-16H,2-3,13H2,1H3. The number of halogens is 2. The van der Waals surface area contributed by atoms with Gasteiger partial charge in [-0.05, 0) is 48.8 Å². The van der Waals surface area contributed by atoms with E-state index in [-0.39, 0.29) is 9.80 Å². The first kappa shape index (κ1) is 21.1. The maximum atomic E-state index is 14.1. The summed E-state index contributed by atoms with van der Waals surface area (Å²) in [7, 11) is -4.12. The number of fused-ring (bicyclic) bond motifs is 1. The lowest BCUT2D eigenvalue weighted by atomic mass is 9.98. The quantitative estimate of drug-likeness (QED) is 0.567. The number of sulfone groups is 1. The second-order valence-electron chi connectivity index (χ2n) is 7.32. The van der Waals surface area contributed by atoms with Crippen LogP contribution in [0.25, 0.3) is 17.2 Å². The summed E-state index contributed by atoms with van der Waals surface area (Å²) in [5.74, 6) is -1.09. The highest BCUT2D eigenvalue weighted by molar-refractivity contribution is 7.95. The molecule has 4 rings (SSSR count). The van der Waals surface area contributed by atoms with E-state index in [1.807, 2.05) is 19.1 Å². The monoisotopic (exact) mass is 437 g/mol. The number of allylic oxidation sites excluding steroid dienone is 8. The van der Waals surface area contributed by atoms with Crippen molar-refractivity contribution in [3.8, 4) is 11.1 Å². The Bertz CT molecular complexity index is 1300. The fourth-order valence-corrected chi connectivity index (χ4v) is 5.17. The molecule has 3 nitrogen and oxygen atoms in total. The molecule has 2 aliphatic carbocycles. The maximum Gasteiger partial charge on any atom is 0.208 e. The summed E-state index contributed by atoms with van der Waals surface area (Å²) in [6.45, 7) is 2.04. The first-order valence-corrected chi connectivity index (χ1v) is 11.5. The van der Waals surface area contributed by atoms with Gasteiger partial charge in [0, 0.05) is 23.7 Å². The summed E-state index contributed by atoms with van der Waals surface area (Å²) in [5.41, 5.74) is 3.23. The van der Waals surface area contributed by atoms with Crippen LogP contribution in [0.4, 0.5) is 8.78 Å². The van der Waals surface area contributed by atoms with E-state index in [9.17, 15) is 17.2 Å². The molecule has 0 unspecified atom stereocenters. The van der Waals surface area contributed by atoms with Gasteiger partial charge in [0.1, 0.15) is 11.6 Å². The van der Waals surface area contributed by atoms with Gasteiger partial charge in [-0.15, -0.1) is 0 Å². The Morgan fingerprint density at radius 1 is 1.10 bits per heavy atom. The van der Waals surface area contributed by atoms with Crippen LogP contribution in [0.3, 0.4) is 0 Å². The normalized spacial score (nSPS) is 16.0. The number of hydrogen-bond acceptors (Lipinski definition) is 3. The van der Waals surface area contributed by atoms with Gasteiger partial charge in [-0.3, -0.25) is 4.98 Å². The number of rotatable bonds is 4. The predicted octanol–water partition coefficient (Wildman–Crippen LogP) is 6.26. The number of benzene rings is 1. The largest absolute Gasteiger partial charge is 0.259 e. The third-order valence-electron chi connectivity index (χ3n) is 5.32. The van der Waals surface area contributed by atoms with Gasteiger partial charge >= 0.3 is 0 Å². The van der Waals surface area contributed by atoms with Crippen LogP contribution in [-0.2, 0) is 16.3 Å². The molecular weight excluding hydrogens is 416 g/mol. The second kappa shape index (κ2) is 8.55. The number of pyridine rings is 1. The third kappa shape index (κ3) is 4.21. The van der Waals surface area contributed by atoms with Crippen molar-refractivity contribution in [2.24, 2.45) is 0 Å². The van der Waals surface area contributed by atoms with Crippen molar-refractivity contribution in [2.75, 3.05) is 0 Å². The van der Waals surface area contributed by atoms with Crippen molar-refractivity contribution in [3.63, 3.8) is 0 Å². The fourth-order valence-electron chi connectivity index (χ4n) is 3.69. The second-order valence-corrected chi connectivity index (χ2v) is 9.23. The molecule has 0 fully saturated rings. The zero-order valence-corrected chi connectivity index (χ0v) is 17.8. The molecule has 0 saturated heterocycles. The van der Waals surface area contributed by atoms with E-state index in [0.29, 0.717) is 35.2 Å². The lowest BCUT2D eigenvalue weighted by Gasteiger charge is -2.16. The van der Waals surface area contributed by atoms with Crippen LogP contribution in [0.1, 0.15) is 31.0 Å². The average molecular weight is 438 g/mol. The fraction of sp³-hybridized carbons (Fsp3) is 0.160. The molecule has 0 amide bonds. The zero-order valence-electron chi connectivity index (χ0n) is 17.0. The molecule has 0 spiro atoms. The first-order chi connectivity index (χ1) is 14.9. The number of hydrogen-bond donors (Lipinski definition) is 0. The summed E-state index contributed by atoms with van der Waals surface area (Å²) in [4.78, 5) is 4.19. The Labute approximate surface area is 180 Å². The summed E-state index contributed by atoms with van der Waals surface area (Å²) >= 11 is 0. The minimum atomic E-state index is -4.12. The molecule has 0 atom stereocenters. The van der Waals surface area contributed by atoms with E-state index in [2.05, 4.69) is 11.1 Å². The predicted molar refractivity (Wildman–Crippen MR) is 119 cm³/mol. The number of nitrogens with zero attached hydrogens (tertiary/aromatic N) is 1. The van der Waals surface area contributed by atoms with Gasteiger partial charge in [0.2, 0.25) is 9.84 Å². The molecule has 0 aliphatic heterocycles. The maximum absolute atomic E-state index is 14.1. The molecule has 31 heavy (non-hydrogen) atoms. The van der Waals surface area contributed by atoms with Crippen LogP contribution in [0.2, 0.25) is 0 Å². The lowest BCUT2D eigenvalue weighted by Crippen LogP contribution is -2.09. The molecule has 0 bridgehead atoms. The van der Waals surface area contributed by atoms with Crippen LogP contribution in [-0.4, -0.2) is 13.4 Å². The molecule has 0 N–H and O–H groups in total. The summed E-state index contributed by atoms with van der Waals surface area (Å²) < 4.78 is 55.3. The van der Waals surface area contributed by atoms with Crippen molar-refractivity contribution in [3.05, 3.63) is 100 Å². The highest BCUT2D eigenvalue weighted by Crippen LogP contribution is 2.38. The van der Waals surface area contributed by atoms with Crippen molar-refractivity contribution in [1.82, 2.24) is 4.98 Å². The van der Waals surface area contributed by atoms with E-state index in [1.165, 1.54) is 36.5 Å². The minimum absolute atomic E-state index is 0.0768. The number of aromatic nitrogens is 1. The van der Waals surface area contributed by atoms with Crippen molar-refractivity contribution in [1.29, 1.82) is 0 Å². The van der Waals surface area contributed by atoms with E-state index >= 15 is 0 Å². The summed E-state index contributed by atoms with van der Waals surface area (Å²) in [5, 5.41) is 0. The van der Waals surface area contributed by atoms with Crippen LogP contribution in [0.15, 0.2) is 88.1 Å². The smallest absolute Gasteiger partial charge is 0.208 e. The van der Waals surface area contributed by atoms with Crippen LogP contribution < -0.4 is 0 Å². The van der Waals surface area contributed by atoms with E-state index in [0.717, 1.165) is 18.1 Å². The average Bonchev–Trinajstić information content (AvgIpc) is 3.11. The Kier molecular flexibility index (Phi) is 5.83. The molecule has 2 aliphatic rings. The Balaban J connectivity index is 2.00. The molecule has 2 aromatic rings. The summed E-state index contributed by atoms with van der Waals surface area (Å²) in [6.07, 6.45) is 14.1. The van der Waals surface area contributed by atoms with Crippen molar-refractivity contribution in [2.45, 2.75) is 31.1 Å². The molecule has 0 radical (unpaired) electrons. The van der Waals surface area contributed by atoms with Crippen LogP contribution in [0.5, 0.6) is 0 Å². The van der Waals surface area contributed by atoms with Gasteiger partial charge in [-0.1, -0.05) is 48.9 Å².